The van der Waals surface area contributed by atoms with Gasteiger partial charge in [0, 0.05) is 37.9 Å². The molecular formula is C19H27NO5. The van der Waals surface area contributed by atoms with Crippen LogP contribution in [-0.4, -0.2) is 62.1 Å². The van der Waals surface area contributed by atoms with Crippen molar-refractivity contribution in [1.29, 1.82) is 0 Å². The van der Waals surface area contributed by atoms with Gasteiger partial charge >= 0.3 is 5.97 Å². The Morgan fingerprint density at radius 3 is 2.80 bits per heavy atom. The van der Waals surface area contributed by atoms with Gasteiger partial charge in [-0.1, -0.05) is 0 Å². The van der Waals surface area contributed by atoms with E-state index >= 15 is 0 Å². The van der Waals surface area contributed by atoms with E-state index in [1.807, 2.05) is 0 Å². The van der Waals surface area contributed by atoms with Gasteiger partial charge in [0.1, 0.15) is 5.75 Å². The molecule has 1 unspecified atom stereocenters. The zero-order chi connectivity index (χ0) is 17.6. The third kappa shape index (κ3) is 4.71. The van der Waals surface area contributed by atoms with Crippen LogP contribution in [0.5, 0.6) is 5.75 Å². The molecule has 1 atom stereocenters. The molecule has 25 heavy (non-hydrogen) atoms. The summed E-state index contributed by atoms with van der Waals surface area (Å²) in [5, 5.41) is 9.26. The third-order valence-electron chi connectivity index (χ3n) is 5.20. The molecule has 6 heteroatoms. The van der Waals surface area contributed by atoms with Crippen LogP contribution in [0.15, 0.2) is 18.2 Å². The van der Waals surface area contributed by atoms with Gasteiger partial charge < -0.3 is 19.3 Å². The first-order chi connectivity index (χ1) is 12.2. The van der Waals surface area contributed by atoms with Gasteiger partial charge in [0.25, 0.3) is 0 Å². The molecule has 0 radical (unpaired) electrons. The first-order valence-electron chi connectivity index (χ1n) is 8.97. The summed E-state index contributed by atoms with van der Waals surface area (Å²) in [5.41, 5.74) is 1.21. The van der Waals surface area contributed by atoms with Crippen LogP contribution in [0.3, 0.4) is 0 Å². The van der Waals surface area contributed by atoms with Crippen molar-refractivity contribution < 1.29 is 24.1 Å². The molecule has 0 spiro atoms. The van der Waals surface area contributed by atoms with Gasteiger partial charge in [0.15, 0.2) is 0 Å². The van der Waals surface area contributed by atoms with E-state index in [2.05, 4.69) is 4.90 Å². The Balaban J connectivity index is 1.72. The van der Waals surface area contributed by atoms with Crippen LogP contribution >= 0.6 is 0 Å². The topological polar surface area (TPSA) is 68.2 Å². The summed E-state index contributed by atoms with van der Waals surface area (Å²) in [6, 6.07) is 5.41. The second kappa shape index (κ2) is 8.65. The predicted molar refractivity (Wildman–Crippen MR) is 93.1 cm³/mol. The van der Waals surface area contributed by atoms with Crippen molar-refractivity contribution in [3.63, 3.8) is 0 Å². The minimum Gasteiger partial charge on any atom is -0.496 e. The fraction of sp³-hybridized carbons (Fsp3) is 0.632. The largest absolute Gasteiger partial charge is 0.496 e. The molecule has 0 amide bonds. The standard InChI is InChI=1S/C19H27NO5/c1-23-18-3-2-15(19(21)22)11-16(18)12-20-6-9-25-13-17(20)10-14-4-7-24-8-5-14/h2-3,11,14,17H,4-10,12-13H2,1H3,(H,21,22). The lowest BCUT2D eigenvalue weighted by atomic mass is 9.91. The highest BCUT2D eigenvalue weighted by Crippen LogP contribution is 2.27. The van der Waals surface area contributed by atoms with E-state index in [1.54, 1.807) is 25.3 Å². The zero-order valence-electron chi connectivity index (χ0n) is 14.8. The highest BCUT2D eigenvalue weighted by molar-refractivity contribution is 5.88. The Bertz CT molecular complexity index is 585. The van der Waals surface area contributed by atoms with Crippen molar-refractivity contribution in [2.75, 3.05) is 40.1 Å². The van der Waals surface area contributed by atoms with Gasteiger partial charge in [-0.15, -0.1) is 0 Å². The Morgan fingerprint density at radius 2 is 2.08 bits per heavy atom. The molecule has 2 heterocycles. The number of hydrogen-bond acceptors (Lipinski definition) is 5. The summed E-state index contributed by atoms with van der Waals surface area (Å²) in [6.45, 7) is 4.69. The number of aromatic carboxylic acids is 1. The number of hydrogen-bond donors (Lipinski definition) is 1. The van der Waals surface area contributed by atoms with E-state index < -0.39 is 5.97 Å². The molecular weight excluding hydrogens is 322 g/mol. The van der Waals surface area contributed by atoms with Crippen LogP contribution in [0.2, 0.25) is 0 Å². The lowest BCUT2D eigenvalue weighted by Gasteiger charge is -2.38. The van der Waals surface area contributed by atoms with Crippen molar-refractivity contribution in [3.8, 4) is 5.75 Å². The minimum atomic E-state index is -0.912. The third-order valence-corrected chi connectivity index (χ3v) is 5.20. The predicted octanol–water partition coefficient (Wildman–Crippen LogP) is 2.41. The summed E-state index contributed by atoms with van der Waals surface area (Å²) in [7, 11) is 1.62. The Hall–Kier alpha value is -1.63. The smallest absolute Gasteiger partial charge is 0.335 e. The summed E-state index contributed by atoms with van der Waals surface area (Å²) >= 11 is 0. The fourth-order valence-corrected chi connectivity index (χ4v) is 3.74. The van der Waals surface area contributed by atoms with Gasteiger partial charge in [-0.25, -0.2) is 4.79 Å². The van der Waals surface area contributed by atoms with E-state index in [1.165, 1.54) is 0 Å². The molecule has 0 bridgehead atoms. The highest BCUT2D eigenvalue weighted by Gasteiger charge is 2.28. The number of ether oxygens (including phenoxy) is 3. The maximum absolute atomic E-state index is 11.3. The molecule has 1 N–H and O–H groups in total. The SMILES string of the molecule is COc1ccc(C(=O)O)cc1CN1CCOCC1CC1CCOCC1. The first-order valence-corrected chi connectivity index (χ1v) is 8.97. The van der Waals surface area contributed by atoms with Crippen LogP contribution in [0, 0.1) is 5.92 Å². The zero-order valence-corrected chi connectivity index (χ0v) is 14.8. The number of morpholine rings is 1. The Labute approximate surface area is 148 Å². The van der Waals surface area contributed by atoms with Crippen LogP contribution in [0.1, 0.15) is 35.2 Å². The lowest BCUT2D eigenvalue weighted by Crippen LogP contribution is -2.46. The normalized spacial score (nSPS) is 22.7. The van der Waals surface area contributed by atoms with E-state index in [9.17, 15) is 9.90 Å². The van der Waals surface area contributed by atoms with Gasteiger partial charge in [-0.05, 0) is 43.4 Å². The summed E-state index contributed by atoms with van der Waals surface area (Å²) in [5.74, 6) is 0.501. The Morgan fingerprint density at radius 1 is 1.28 bits per heavy atom. The lowest BCUT2D eigenvalue weighted by molar-refractivity contribution is -0.0292. The first kappa shape index (κ1) is 18.2. The van der Waals surface area contributed by atoms with Crippen LogP contribution < -0.4 is 4.74 Å². The van der Waals surface area contributed by atoms with Gasteiger partial charge in [0.2, 0.25) is 0 Å². The van der Waals surface area contributed by atoms with Crippen molar-refractivity contribution in [2.45, 2.75) is 31.8 Å². The van der Waals surface area contributed by atoms with Gasteiger partial charge in [-0.3, -0.25) is 4.90 Å². The van der Waals surface area contributed by atoms with Crippen LogP contribution in [0.4, 0.5) is 0 Å². The van der Waals surface area contributed by atoms with Crippen molar-refractivity contribution in [3.05, 3.63) is 29.3 Å². The molecule has 1 aromatic carbocycles. The molecule has 6 nitrogen and oxygen atoms in total. The quantitative estimate of drug-likeness (QED) is 0.851. The molecule has 0 aromatic heterocycles. The summed E-state index contributed by atoms with van der Waals surface area (Å²) in [4.78, 5) is 13.7. The van der Waals surface area contributed by atoms with E-state index in [-0.39, 0.29) is 0 Å². The average Bonchev–Trinajstić information content (AvgIpc) is 2.64. The molecule has 0 saturated carbocycles. The van der Waals surface area contributed by atoms with E-state index in [0.29, 0.717) is 30.7 Å². The number of carboxylic acid groups (broad SMARTS) is 1. The summed E-state index contributed by atoms with van der Waals surface area (Å²) < 4.78 is 16.6. The maximum atomic E-state index is 11.3. The Kier molecular flexibility index (Phi) is 6.29. The number of methoxy groups -OCH3 is 1. The molecule has 2 fully saturated rings. The molecule has 0 aliphatic carbocycles. The van der Waals surface area contributed by atoms with Crippen molar-refractivity contribution >= 4 is 5.97 Å². The molecule has 2 aliphatic rings. The number of benzene rings is 1. The molecule has 138 valence electrons. The van der Waals surface area contributed by atoms with Crippen molar-refractivity contribution in [1.82, 2.24) is 4.90 Å². The van der Waals surface area contributed by atoms with Gasteiger partial charge in [0.05, 0.1) is 25.9 Å². The number of carbonyl (C=O) groups is 1. The van der Waals surface area contributed by atoms with E-state index in [0.717, 1.165) is 56.9 Å². The highest BCUT2D eigenvalue weighted by atomic mass is 16.5. The summed E-state index contributed by atoms with van der Waals surface area (Å²) in [6.07, 6.45) is 3.33. The molecule has 2 saturated heterocycles. The van der Waals surface area contributed by atoms with Crippen LogP contribution in [0.25, 0.3) is 0 Å². The molecule has 3 rings (SSSR count). The number of rotatable bonds is 6. The second-order valence-electron chi connectivity index (χ2n) is 6.82. The second-order valence-corrected chi connectivity index (χ2v) is 6.82. The van der Waals surface area contributed by atoms with E-state index in [4.69, 9.17) is 14.2 Å². The minimum absolute atomic E-state index is 0.296. The molecule has 2 aliphatic heterocycles. The fourth-order valence-electron chi connectivity index (χ4n) is 3.74. The average molecular weight is 349 g/mol. The maximum Gasteiger partial charge on any atom is 0.335 e. The molecule has 1 aromatic rings. The van der Waals surface area contributed by atoms with Gasteiger partial charge in [-0.2, -0.15) is 0 Å². The van der Waals surface area contributed by atoms with Crippen molar-refractivity contribution in [2.24, 2.45) is 5.92 Å². The van der Waals surface area contributed by atoms with Crippen LogP contribution in [-0.2, 0) is 16.0 Å². The number of carboxylic acids is 1. The number of nitrogens with zero attached hydrogens (tertiary/aromatic N) is 1. The monoisotopic (exact) mass is 349 g/mol.